The Labute approximate surface area is 63.1 Å². The molecule has 2 atom stereocenters. The molecule has 2 unspecified atom stereocenters. The molecule has 0 radical (unpaired) electrons. The molecule has 0 N–H and O–H groups in total. The second-order valence-corrected chi connectivity index (χ2v) is 3.30. The molecule has 0 saturated carbocycles. The lowest BCUT2D eigenvalue weighted by molar-refractivity contribution is 0.235. The molecule has 1 saturated heterocycles. The van der Waals surface area contributed by atoms with Crippen molar-refractivity contribution in [3.8, 4) is 12.3 Å². The van der Waals surface area contributed by atoms with E-state index in [0.29, 0.717) is 6.61 Å². The molecule has 1 fully saturated rings. The molecule has 1 rings (SSSR count). The van der Waals surface area contributed by atoms with E-state index in [2.05, 4.69) is 5.92 Å². The molecule has 4 heteroatoms. The summed E-state index contributed by atoms with van der Waals surface area (Å²) in [6.07, 6.45) is 5.94. The second kappa shape index (κ2) is 3.15. The summed E-state index contributed by atoms with van der Waals surface area (Å²) in [5, 5.41) is 0. The Hall–Kier alpha value is -0.370. The normalized spacial score (nSPS) is 35.2. The van der Waals surface area contributed by atoms with E-state index < -0.39 is 11.3 Å². The summed E-state index contributed by atoms with van der Waals surface area (Å²) in [5.41, 5.74) is 0. The van der Waals surface area contributed by atoms with Gasteiger partial charge in [0.15, 0.2) is 0 Å². The van der Waals surface area contributed by atoms with E-state index in [1.165, 1.54) is 0 Å². The number of nitrogens with zero attached hydrogens (tertiary/aromatic N) is 1. The third kappa shape index (κ3) is 1.37. The molecule has 10 heavy (non-hydrogen) atoms. The van der Waals surface area contributed by atoms with E-state index in [0.717, 1.165) is 6.42 Å². The summed E-state index contributed by atoms with van der Waals surface area (Å²) in [6.45, 7) is 0.492. The molecule has 0 spiro atoms. The van der Waals surface area contributed by atoms with Crippen LogP contribution in [0.5, 0.6) is 0 Å². The van der Waals surface area contributed by atoms with Crippen LogP contribution in [0.4, 0.5) is 0 Å². The Kier molecular flexibility index (Phi) is 2.44. The molecule has 1 heterocycles. The first-order valence-corrected chi connectivity index (χ1v) is 4.03. The first-order chi connectivity index (χ1) is 4.75. The van der Waals surface area contributed by atoms with Crippen LogP contribution in [-0.4, -0.2) is 28.2 Å². The highest BCUT2D eigenvalue weighted by molar-refractivity contribution is 7.77. The van der Waals surface area contributed by atoms with Crippen molar-refractivity contribution < 1.29 is 8.39 Å². The van der Waals surface area contributed by atoms with Crippen molar-refractivity contribution in [3.63, 3.8) is 0 Å². The largest absolute Gasteiger partial charge is 0.278 e. The van der Waals surface area contributed by atoms with Crippen LogP contribution in [0, 0.1) is 12.3 Å². The highest BCUT2D eigenvalue weighted by atomic mass is 32.2. The summed E-state index contributed by atoms with van der Waals surface area (Å²) in [7, 11) is 1.69. The topological polar surface area (TPSA) is 29.5 Å². The van der Waals surface area contributed by atoms with Crippen molar-refractivity contribution in [2.24, 2.45) is 0 Å². The fraction of sp³-hybridized carbons (Fsp3) is 0.667. The third-order valence-corrected chi connectivity index (χ3v) is 2.53. The zero-order valence-corrected chi connectivity index (χ0v) is 6.56. The van der Waals surface area contributed by atoms with Crippen molar-refractivity contribution in [1.29, 1.82) is 0 Å². The monoisotopic (exact) mass is 159 g/mol. The third-order valence-electron chi connectivity index (χ3n) is 1.44. The number of terminal acetylenes is 1. The molecule has 0 bridgehead atoms. The van der Waals surface area contributed by atoms with Crippen LogP contribution in [0.2, 0.25) is 0 Å². The lowest BCUT2D eigenvalue weighted by Gasteiger charge is -2.25. The van der Waals surface area contributed by atoms with Crippen molar-refractivity contribution >= 4 is 11.3 Å². The molecule has 1 aliphatic rings. The van der Waals surface area contributed by atoms with Crippen molar-refractivity contribution in [1.82, 2.24) is 4.31 Å². The summed E-state index contributed by atoms with van der Waals surface area (Å²) in [4.78, 5) is 0. The smallest absolute Gasteiger partial charge is 0.238 e. The molecular formula is C6H9NO2S. The van der Waals surface area contributed by atoms with Crippen molar-refractivity contribution in [2.45, 2.75) is 12.5 Å². The van der Waals surface area contributed by atoms with Gasteiger partial charge in [0.05, 0.1) is 12.6 Å². The van der Waals surface area contributed by atoms with Crippen molar-refractivity contribution in [2.75, 3.05) is 13.7 Å². The Morgan fingerprint density at radius 3 is 3.10 bits per heavy atom. The molecule has 0 aromatic carbocycles. The quantitative estimate of drug-likeness (QED) is 0.463. The van der Waals surface area contributed by atoms with Crippen LogP contribution in [0.3, 0.4) is 0 Å². The van der Waals surface area contributed by atoms with E-state index in [-0.39, 0.29) is 6.04 Å². The highest BCUT2D eigenvalue weighted by Crippen LogP contribution is 2.11. The van der Waals surface area contributed by atoms with Crippen LogP contribution in [-0.2, 0) is 15.4 Å². The average molecular weight is 159 g/mol. The molecule has 0 aromatic rings. The lowest BCUT2D eigenvalue weighted by atomic mass is 10.2. The van der Waals surface area contributed by atoms with Gasteiger partial charge in [-0.05, 0) is 6.42 Å². The average Bonchev–Trinajstić information content (AvgIpc) is 1.95. The minimum absolute atomic E-state index is 0.0328. The van der Waals surface area contributed by atoms with Gasteiger partial charge in [0.25, 0.3) is 0 Å². The number of rotatable bonds is 0. The first-order valence-electron chi connectivity index (χ1n) is 3.00. The van der Waals surface area contributed by atoms with Gasteiger partial charge in [-0.1, -0.05) is 5.92 Å². The van der Waals surface area contributed by atoms with E-state index in [1.54, 1.807) is 11.4 Å². The highest BCUT2D eigenvalue weighted by Gasteiger charge is 2.23. The number of hydrogen-bond acceptors (Lipinski definition) is 2. The zero-order chi connectivity index (χ0) is 7.56. The van der Waals surface area contributed by atoms with Crippen LogP contribution < -0.4 is 0 Å². The summed E-state index contributed by atoms with van der Waals surface area (Å²) in [5.74, 6) is 2.54. The van der Waals surface area contributed by atoms with Gasteiger partial charge >= 0.3 is 0 Å². The van der Waals surface area contributed by atoms with Crippen LogP contribution in [0.15, 0.2) is 0 Å². The molecular weight excluding hydrogens is 150 g/mol. The molecule has 0 amide bonds. The van der Waals surface area contributed by atoms with E-state index >= 15 is 0 Å². The fourth-order valence-electron chi connectivity index (χ4n) is 0.788. The Bertz CT molecular complexity index is 187. The Balaban J connectivity index is 2.61. The minimum atomic E-state index is -1.32. The standard InChI is InChI=1S/C6H9NO2S/c1-3-6-4-5-9-10(8)7(6)2/h1,6H,4-5H2,2H3. The lowest BCUT2D eigenvalue weighted by Crippen LogP contribution is -2.38. The van der Waals surface area contributed by atoms with Gasteiger partial charge < -0.3 is 0 Å². The molecule has 0 aliphatic carbocycles. The predicted molar refractivity (Wildman–Crippen MR) is 39.1 cm³/mol. The second-order valence-electron chi connectivity index (χ2n) is 2.06. The first kappa shape index (κ1) is 7.73. The van der Waals surface area contributed by atoms with E-state index in [9.17, 15) is 4.21 Å². The van der Waals surface area contributed by atoms with E-state index in [1.807, 2.05) is 0 Å². The maximum atomic E-state index is 10.9. The summed E-state index contributed by atoms with van der Waals surface area (Å²) < 4.78 is 17.3. The molecule has 0 aromatic heterocycles. The summed E-state index contributed by atoms with van der Waals surface area (Å²) in [6, 6.07) is -0.0328. The molecule has 56 valence electrons. The summed E-state index contributed by atoms with van der Waals surface area (Å²) >= 11 is -1.32. The Morgan fingerprint density at radius 1 is 1.90 bits per heavy atom. The van der Waals surface area contributed by atoms with Crippen molar-refractivity contribution in [3.05, 3.63) is 0 Å². The maximum absolute atomic E-state index is 10.9. The van der Waals surface area contributed by atoms with Gasteiger partial charge in [0, 0.05) is 7.05 Å². The van der Waals surface area contributed by atoms with Crippen LogP contribution in [0.25, 0.3) is 0 Å². The maximum Gasteiger partial charge on any atom is 0.238 e. The predicted octanol–water partition coefficient (Wildman–Crippen LogP) is -0.0810. The van der Waals surface area contributed by atoms with Gasteiger partial charge in [-0.15, -0.1) is 6.42 Å². The van der Waals surface area contributed by atoms with Gasteiger partial charge in [0.2, 0.25) is 11.3 Å². The molecule has 3 nitrogen and oxygen atoms in total. The number of hydrogen-bond donors (Lipinski definition) is 0. The fourth-order valence-corrected chi connectivity index (χ4v) is 1.57. The van der Waals surface area contributed by atoms with Gasteiger partial charge in [-0.3, -0.25) is 4.18 Å². The minimum Gasteiger partial charge on any atom is -0.278 e. The zero-order valence-electron chi connectivity index (χ0n) is 5.74. The van der Waals surface area contributed by atoms with Crippen LogP contribution >= 0.6 is 0 Å². The van der Waals surface area contributed by atoms with Gasteiger partial charge in [-0.2, -0.15) is 4.31 Å². The SMILES string of the molecule is C#CC1CCOS(=O)N1C. The van der Waals surface area contributed by atoms with E-state index in [4.69, 9.17) is 10.6 Å². The van der Waals surface area contributed by atoms with Crippen LogP contribution in [0.1, 0.15) is 6.42 Å². The molecule has 1 aliphatic heterocycles. The Morgan fingerprint density at radius 2 is 2.60 bits per heavy atom. The van der Waals surface area contributed by atoms with Gasteiger partial charge in [-0.25, -0.2) is 4.21 Å². The van der Waals surface area contributed by atoms with Gasteiger partial charge in [0.1, 0.15) is 0 Å².